The van der Waals surface area contributed by atoms with Crippen molar-refractivity contribution in [1.82, 2.24) is 5.32 Å². The van der Waals surface area contributed by atoms with E-state index in [1.807, 2.05) is 0 Å². The number of nitrogens with one attached hydrogen (secondary N) is 2. The molecule has 1 aromatic carbocycles. The second-order valence-corrected chi connectivity index (χ2v) is 4.11. The van der Waals surface area contributed by atoms with Crippen molar-refractivity contribution in [3.63, 3.8) is 0 Å². The fourth-order valence-electron chi connectivity index (χ4n) is 1.41. The van der Waals surface area contributed by atoms with Gasteiger partial charge in [-0.25, -0.2) is 9.59 Å². The van der Waals surface area contributed by atoms with E-state index < -0.39 is 18.0 Å². The molecule has 0 saturated heterocycles. The van der Waals surface area contributed by atoms with Crippen LogP contribution in [0.4, 0.5) is 10.5 Å². The van der Waals surface area contributed by atoms with Crippen LogP contribution in [0.15, 0.2) is 42.1 Å². The van der Waals surface area contributed by atoms with Gasteiger partial charge in [-0.15, -0.1) is 0 Å². The average Bonchev–Trinajstić information content (AvgIpc) is 2.46. The van der Waals surface area contributed by atoms with Gasteiger partial charge in [0.1, 0.15) is 12.6 Å². The molecule has 1 aromatic rings. The lowest BCUT2D eigenvalue weighted by Crippen LogP contribution is -2.41. The van der Waals surface area contributed by atoms with Gasteiger partial charge in [-0.05, 0) is 24.6 Å². The number of rotatable bonds is 6. The molecule has 7 nitrogen and oxygen atoms in total. The van der Waals surface area contributed by atoms with Crippen LogP contribution in [0.1, 0.15) is 12.5 Å². The highest BCUT2D eigenvalue weighted by molar-refractivity contribution is 5.92. The van der Waals surface area contributed by atoms with E-state index in [1.165, 1.54) is 19.2 Å². The zero-order chi connectivity index (χ0) is 15.7. The smallest absolute Gasteiger partial charge is 0.328 e. The highest BCUT2D eigenvalue weighted by Crippen LogP contribution is 2.08. The Kier molecular flexibility index (Phi) is 6.46. The molecular weight excluding hydrogens is 274 g/mol. The molecule has 0 radical (unpaired) electrons. The largest absolute Gasteiger partial charge is 0.460 e. The number of anilines is 1. The second-order valence-electron chi connectivity index (χ2n) is 4.11. The molecule has 7 heteroatoms. The lowest BCUT2D eigenvalue weighted by Gasteiger charge is -2.13. The zero-order valence-electron chi connectivity index (χ0n) is 11.6. The topological polar surface area (TPSA) is 100 Å². The van der Waals surface area contributed by atoms with E-state index in [9.17, 15) is 9.59 Å². The van der Waals surface area contributed by atoms with E-state index in [0.717, 1.165) is 0 Å². The molecule has 112 valence electrons. The summed E-state index contributed by atoms with van der Waals surface area (Å²) in [4.78, 5) is 23.2. The van der Waals surface area contributed by atoms with Crippen LogP contribution in [0.2, 0.25) is 0 Å². The summed E-state index contributed by atoms with van der Waals surface area (Å²) in [6.45, 7) is 5.04. The Morgan fingerprint density at radius 1 is 1.43 bits per heavy atom. The standard InChI is InChI=1S/C14H17N3O4/c1-3-8-21-13(18)10(2)16-14(19)17-12-6-4-11(5-7-12)9-15-20/h3-7,9-10,20H,1,8H2,2H3,(H2,16,17,19). The van der Waals surface area contributed by atoms with Crippen LogP contribution in [0.5, 0.6) is 0 Å². The Morgan fingerprint density at radius 2 is 2.10 bits per heavy atom. The Labute approximate surface area is 122 Å². The predicted molar refractivity (Wildman–Crippen MR) is 78.6 cm³/mol. The van der Waals surface area contributed by atoms with Crippen LogP contribution in [0, 0.1) is 0 Å². The van der Waals surface area contributed by atoms with Crippen LogP contribution in [-0.2, 0) is 9.53 Å². The van der Waals surface area contributed by atoms with Gasteiger partial charge in [0.2, 0.25) is 0 Å². The third kappa shape index (κ3) is 5.77. The number of hydrogen-bond donors (Lipinski definition) is 3. The molecular formula is C14H17N3O4. The fourth-order valence-corrected chi connectivity index (χ4v) is 1.41. The number of oxime groups is 1. The maximum Gasteiger partial charge on any atom is 0.328 e. The van der Waals surface area contributed by atoms with Crippen LogP contribution in [0.3, 0.4) is 0 Å². The molecule has 0 saturated carbocycles. The van der Waals surface area contributed by atoms with Crippen LogP contribution >= 0.6 is 0 Å². The Bertz CT molecular complexity index is 526. The predicted octanol–water partition coefficient (Wildman–Crippen LogP) is 1.73. The van der Waals surface area contributed by atoms with E-state index in [1.54, 1.807) is 24.3 Å². The van der Waals surface area contributed by atoms with Crippen molar-refractivity contribution in [1.29, 1.82) is 0 Å². The van der Waals surface area contributed by atoms with Gasteiger partial charge >= 0.3 is 12.0 Å². The Morgan fingerprint density at radius 3 is 2.67 bits per heavy atom. The SMILES string of the molecule is C=CCOC(=O)C(C)NC(=O)Nc1ccc(C=NO)cc1. The van der Waals surface area contributed by atoms with Gasteiger partial charge in [-0.1, -0.05) is 29.9 Å². The molecule has 21 heavy (non-hydrogen) atoms. The quantitative estimate of drug-likeness (QED) is 0.244. The van der Waals surface area contributed by atoms with E-state index in [0.29, 0.717) is 11.3 Å². The highest BCUT2D eigenvalue weighted by Gasteiger charge is 2.16. The maximum atomic E-state index is 11.7. The summed E-state index contributed by atoms with van der Waals surface area (Å²) in [7, 11) is 0. The Balaban J connectivity index is 2.49. The molecule has 0 aromatic heterocycles. The van der Waals surface area contributed by atoms with Crippen molar-refractivity contribution in [3.05, 3.63) is 42.5 Å². The van der Waals surface area contributed by atoms with Crippen LogP contribution in [-0.4, -0.2) is 36.1 Å². The number of nitrogens with zero attached hydrogens (tertiary/aromatic N) is 1. The van der Waals surface area contributed by atoms with Gasteiger partial charge < -0.3 is 20.6 Å². The molecule has 1 rings (SSSR count). The number of esters is 1. The van der Waals surface area contributed by atoms with Crippen LogP contribution < -0.4 is 10.6 Å². The third-order valence-corrected chi connectivity index (χ3v) is 2.42. The summed E-state index contributed by atoms with van der Waals surface area (Å²) in [6, 6.07) is 5.30. The monoisotopic (exact) mass is 291 g/mol. The zero-order valence-corrected chi connectivity index (χ0v) is 11.6. The van der Waals surface area contributed by atoms with Gasteiger partial charge in [0.15, 0.2) is 0 Å². The molecule has 0 aliphatic rings. The highest BCUT2D eigenvalue weighted by atomic mass is 16.5. The summed E-state index contributed by atoms with van der Waals surface area (Å²) in [5.41, 5.74) is 1.22. The summed E-state index contributed by atoms with van der Waals surface area (Å²) < 4.78 is 4.81. The number of carbonyl (C=O) groups is 2. The first-order valence-corrected chi connectivity index (χ1v) is 6.19. The first kappa shape index (κ1) is 16.2. The first-order valence-electron chi connectivity index (χ1n) is 6.19. The number of amides is 2. The second kappa shape index (κ2) is 8.36. The molecule has 0 fully saturated rings. The molecule has 0 spiro atoms. The Hall–Kier alpha value is -2.83. The number of benzene rings is 1. The van der Waals surface area contributed by atoms with Crippen molar-refractivity contribution < 1.29 is 19.5 Å². The molecule has 0 aliphatic carbocycles. The number of urea groups is 1. The summed E-state index contributed by atoms with van der Waals surface area (Å²) >= 11 is 0. The minimum Gasteiger partial charge on any atom is -0.460 e. The van der Waals surface area contributed by atoms with E-state index in [-0.39, 0.29) is 6.61 Å². The molecule has 2 amide bonds. The lowest BCUT2D eigenvalue weighted by molar-refractivity contribution is -0.144. The minimum atomic E-state index is -0.772. The number of carbonyl (C=O) groups excluding carboxylic acids is 2. The van der Waals surface area contributed by atoms with Crippen LogP contribution in [0.25, 0.3) is 0 Å². The van der Waals surface area contributed by atoms with Gasteiger partial charge in [0.05, 0.1) is 6.21 Å². The lowest BCUT2D eigenvalue weighted by atomic mass is 10.2. The summed E-state index contributed by atoms with van der Waals surface area (Å²) in [5.74, 6) is -0.542. The first-order chi connectivity index (χ1) is 10.1. The van der Waals surface area contributed by atoms with Crippen molar-refractivity contribution in [2.45, 2.75) is 13.0 Å². The molecule has 3 N–H and O–H groups in total. The van der Waals surface area contributed by atoms with Crippen molar-refractivity contribution in [2.24, 2.45) is 5.16 Å². The molecule has 0 aliphatic heterocycles. The van der Waals surface area contributed by atoms with E-state index >= 15 is 0 Å². The van der Waals surface area contributed by atoms with Gasteiger partial charge in [0.25, 0.3) is 0 Å². The molecule has 1 atom stereocenters. The fraction of sp³-hybridized carbons (Fsp3) is 0.214. The maximum absolute atomic E-state index is 11.7. The van der Waals surface area contributed by atoms with Crippen molar-refractivity contribution in [3.8, 4) is 0 Å². The van der Waals surface area contributed by atoms with Gasteiger partial charge in [0, 0.05) is 5.69 Å². The minimum absolute atomic E-state index is 0.0976. The summed E-state index contributed by atoms with van der Waals surface area (Å²) in [6.07, 6.45) is 2.71. The average molecular weight is 291 g/mol. The van der Waals surface area contributed by atoms with Crippen molar-refractivity contribution in [2.75, 3.05) is 11.9 Å². The molecule has 0 bridgehead atoms. The van der Waals surface area contributed by atoms with E-state index in [4.69, 9.17) is 9.94 Å². The number of hydrogen-bond acceptors (Lipinski definition) is 5. The molecule has 0 heterocycles. The number of ether oxygens (including phenoxy) is 1. The van der Waals surface area contributed by atoms with E-state index in [2.05, 4.69) is 22.4 Å². The van der Waals surface area contributed by atoms with Gasteiger partial charge in [-0.2, -0.15) is 0 Å². The van der Waals surface area contributed by atoms with Gasteiger partial charge in [-0.3, -0.25) is 0 Å². The summed E-state index contributed by atoms with van der Waals surface area (Å²) in [5, 5.41) is 16.3. The van der Waals surface area contributed by atoms with Crippen molar-refractivity contribution >= 4 is 23.9 Å². The third-order valence-electron chi connectivity index (χ3n) is 2.42. The molecule has 1 unspecified atom stereocenters. The normalized spacial score (nSPS) is 11.7.